The maximum Gasteiger partial charge on any atom is 0.204 e. The van der Waals surface area contributed by atoms with E-state index >= 15 is 0 Å². The minimum atomic E-state index is -0.252. The zero-order valence-corrected chi connectivity index (χ0v) is 18.1. The van der Waals surface area contributed by atoms with Crippen molar-refractivity contribution in [3.8, 4) is 11.5 Å². The van der Waals surface area contributed by atoms with Crippen molar-refractivity contribution < 1.29 is 14.3 Å². The largest absolute Gasteiger partial charge is 0.486 e. The molecule has 0 radical (unpaired) electrons. The van der Waals surface area contributed by atoms with Crippen molar-refractivity contribution in [3.63, 3.8) is 0 Å². The topological polar surface area (TPSA) is 90.6 Å². The number of hydrogen-bond acceptors (Lipinski definition) is 7. The summed E-state index contributed by atoms with van der Waals surface area (Å²) >= 11 is 0. The minimum Gasteiger partial charge on any atom is -0.486 e. The molecule has 0 unspecified atom stereocenters. The van der Waals surface area contributed by atoms with Gasteiger partial charge in [0.2, 0.25) is 5.65 Å². The van der Waals surface area contributed by atoms with Gasteiger partial charge in [-0.25, -0.2) is 4.98 Å². The normalized spacial score (nSPS) is 13.7. The van der Waals surface area contributed by atoms with Crippen LogP contribution in [-0.4, -0.2) is 45.1 Å². The lowest BCUT2D eigenvalue weighted by Crippen LogP contribution is -2.19. The SMILES string of the molecule is Cc1nnc2c(NCCCCCC(=O)C(C)(C)C)nc3cc4c(cc3n12)OCCO4. The van der Waals surface area contributed by atoms with E-state index in [1.54, 1.807) is 0 Å². The van der Waals surface area contributed by atoms with E-state index in [1.807, 2.05) is 44.2 Å². The Balaban J connectivity index is 1.48. The summed E-state index contributed by atoms with van der Waals surface area (Å²) in [5.74, 6) is 3.24. The van der Waals surface area contributed by atoms with Crippen molar-refractivity contribution in [2.24, 2.45) is 5.41 Å². The lowest BCUT2D eigenvalue weighted by Gasteiger charge is -2.19. The molecule has 0 aliphatic carbocycles. The molecule has 3 aromatic rings. The fourth-order valence-electron chi connectivity index (χ4n) is 3.60. The van der Waals surface area contributed by atoms with E-state index in [-0.39, 0.29) is 5.41 Å². The van der Waals surface area contributed by atoms with Gasteiger partial charge in [-0.05, 0) is 19.8 Å². The average Bonchev–Trinajstić information content (AvgIpc) is 3.10. The third kappa shape index (κ3) is 4.04. The number of nitrogens with zero attached hydrogens (tertiary/aromatic N) is 4. The predicted octanol–water partition coefficient (Wildman–Crippen LogP) is 3.94. The molecule has 0 bridgehead atoms. The predicted molar refractivity (Wildman–Crippen MR) is 115 cm³/mol. The van der Waals surface area contributed by atoms with Crippen LogP contribution in [-0.2, 0) is 4.79 Å². The summed E-state index contributed by atoms with van der Waals surface area (Å²) in [7, 11) is 0. The Morgan fingerprint density at radius 1 is 1.10 bits per heavy atom. The molecule has 1 aromatic carbocycles. The number of carbonyl (C=O) groups excluding carboxylic acids is 1. The third-order valence-corrected chi connectivity index (χ3v) is 5.36. The zero-order valence-electron chi connectivity index (χ0n) is 18.1. The molecule has 8 nitrogen and oxygen atoms in total. The number of rotatable bonds is 7. The van der Waals surface area contributed by atoms with Crippen molar-refractivity contribution >= 4 is 28.3 Å². The van der Waals surface area contributed by atoms with Crippen molar-refractivity contribution in [3.05, 3.63) is 18.0 Å². The Bertz CT molecular complexity index is 1080. The van der Waals surface area contributed by atoms with E-state index in [1.165, 1.54) is 0 Å². The highest BCUT2D eigenvalue weighted by Crippen LogP contribution is 2.35. The number of hydrogen-bond donors (Lipinski definition) is 1. The maximum atomic E-state index is 12.0. The van der Waals surface area contributed by atoms with Gasteiger partial charge in [0.1, 0.15) is 24.8 Å². The minimum absolute atomic E-state index is 0.252. The molecule has 1 N–H and O–H groups in total. The van der Waals surface area contributed by atoms with Gasteiger partial charge in [-0.1, -0.05) is 27.2 Å². The van der Waals surface area contributed by atoms with Crippen LogP contribution in [0.1, 0.15) is 52.3 Å². The van der Waals surface area contributed by atoms with E-state index in [4.69, 9.17) is 14.5 Å². The molecule has 2 aromatic heterocycles. The van der Waals surface area contributed by atoms with Crippen LogP contribution in [0, 0.1) is 12.3 Å². The molecule has 30 heavy (non-hydrogen) atoms. The fraction of sp³-hybridized carbons (Fsp3) is 0.545. The molecule has 0 spiro atoms. The Morgan fingerprint density at radius 2 is 1.83 bits per heavy atom. The zero-order chi connectivity index (χ0) is 21.3. The van der Waals surface area contributed by atoms with Crippen LogP contribution in [0.25, 0.3) is 16.7 Å². The molecule has 0 fully saturated rings. The quantitative estimate of drug-likeness (QED) is 0.589. The number of Topliss-reactive ketones (excluding diaryl/α,β-unsaturated/α-hetero) is 1. The average molecular weight is 412 g/mol. The summed E-state index contributed by atoms with van der Waals surface area (Å²) in [6.07, 6.45) is 3.49. The van der Waals surface area contributed by atoms with Crippen molar-refractivity contribution in [1.82, 2.24) is 19.6 Å². The number of aryl methyl sites for hydroxylation is 1. The van der Waals surface area contributed by atoms with Crippen molar-refractivity contribution in [2.45, 2.75) is 53.4 Å². The number of carbonyl (C=O) groups is 1. The van der Waals surface area contributed by atoms with Gasteiger partial charge in [-0.15, -0.1) is 10.2 Å². The first kappa shape index (κ1) is 20.4. The Hall–Kier alpha value is -2.90. The lowest BCUT2D eigenvalue weighted by molar-refractivity contribution is -0.126. The molecule has 1 aliphatic rings. The smallest absolute Gasteiger partial charge is 0.204 e. The molecule has 0 saturated heterocycles. The first-order valence-corrected chi connectivity index (χ1v) is 10.6. The second kappa shape index (κ2) is 8.08. The second-order valence-corrected chi connectivity index (χ2v) is 8.76. The first-order chi connectivity index (χ1) is 14.3. The number of benzene rings is 1. The highest BCUT2D eigenvalue weighted by molar-refractivity contribution is 5.86. The number of ether oxygens (including phenoxy) is 2. The molecule has 0 saturated carbocycles. The van der Waals surface area contributed by atoms with Crippen molar-refractivity contribution in [1.29, 1.82) is 0 Å². The Labute approximate surface area is 176 Å². The molecule has 4 rings (SSSR count). The third-order valence-electron chi connectivity index (χ3n) is 5.36. The highest BCUT2D eigenvalue weighted by Gasteiger charge is 2.20. The summed E-state index contributed by atoms with van der Waals surface area (Å²) < 4.78 is 13.4. The molecular formula is C22H29N5O3. The van der Waals surface area contributed by atoms with Gasteiger partial charge < -0.3 is 14.8 Å². The second-order valence-electron chi connectivity index (χ2n) is 8.76. The van der Waals surface area contributed by atoms with Crippen LogP contribution in [0.5, 0.6) is 11.5 Å². The molecule has 160 valence electrons. The van der Waals surface area contributed by atoms with Crippen LogP contribution in [0.4, 0.5) is 5.82 Å². The number of fused-ring (bicyclic) bond motifs is 4. The number of nitrogens with one attached hydrogen (secondary N) is 1. The monoisotopic (exact) mass is 411 g/mol. The summed E-state index contributed by atoms with van der Waals surface area (Å²) in [6.45, 7) is 9.68. The first-order valence-electron chi connectivity index (χ1n) is 10.6. The summed E-state index contributed by atoms with van der Waals surface area (Å²) in [5, 5.41) is 12.0. The molecule has 0 amide bonds. The van der Waals surface area contributed by atoms with Gasteiger partial charge in [-0.3, -0.25) is 9.20 Å². The Kier molecular flexibility index (Phi) is 5.49. The number of aromatic nitrogens is 4. The summed E-state index contributed by atoms with van der Waals surface area (Å²) in [4.78, 5) is 16.8. The van der Waals surface area contributed by atoms with E-state index in [0.29, 0.717) is 42.6 Å². The van der Waals surface area contributed by atoms with Gasteiger partial charge >= 0.3 is 0 Å². The Morgan fingerprint density at radius 3 is 2.57 bits per heavy atom. The molecule has 3 heterocycles. The van der Waals surface area contributed by atoms with Crippen LogP contribution in [0.15, 0.2) is 12.1 Å². The maximum absolute atomic E-state index is 12.0. The van der Waals surface area contributed by atoms with Crippen LogP contribution >= 0.6 is 0 Å². The van der Waals surface area contributed by atoms with Gasteiger partial charge in [0.25, 0.3) is 0 Å². The number of anilines is 1. The van der Waals surface area contributed by atoms with E-state index in [9.17, 15) is 4.79 Å². The van der Waals surface area contributed by atoms with Gasteiger partial charge in [-0.2, -0.15) is 0 Å². The van der Waals surface area contributed by atoms with Crippen LogP contribution in [0.3, 0.4) is 0 Å². The van der Waals surface area contributed by atoms with E-state index in [2.05, 4.69) is 15.5 Å². The van der Waals surface area contributed by atoms with Crippen LogP contribution in [0.2, 0.25) is 0 Å². The number of unbranched alkanes of at least 4 members (excludes halogenated alkanes) is 2. The van der Waals surface area contributed by atoms with E-state index < -0.39 is 0 Å². The number of ketones is 1. The molecule has 8 heteroatoms. The summed E-state index contributed by atoms with van der Waals surface area (Å²) in [5.41, 5.74) is 2.13. The van der Waals surface area contributed by atoms with E-state index in [0.717, 1.165) is 48.4 Å². The molecule has 0 atom stereocenters. The molecule has 1 aliphatic heterocycles. The van der Waals surface area contributed by atoms with Crippen LogP contribution < -0.4 is 14.8 Å². The molecular weight excluding hydrogens is 382 g/mol. The summed E-state index contributed by atoms with van der Waals surface area (Å²) in [6, 6.07) is 3.85. The van der Waals surface area contributed by atoms with Crippen molar-refractivity contribution in [2.75, 3.05) is 25.1 Å². The highest BCUT2D eigenvalue weighted by atomic mass is 16.6. The fourth-order valence-corrected chi connectivity index (χ4v) is 3.60. The standard InChI is InChI=1S/C22H29N5O3/c1-14-25-26-21-20(23-9-7-5-6-8-19(28)22(2,3)4)24-15-12-17-18(30-11-10-29-17)13-16(15)27(14)21/h12-13H,5-11H2,1-4H3,(H,23,24). The van der Waals surface area contributed by atoms with Gasteiger partial charge in [0.15, 0.2) is 17.3 Å². The van der Waals surface area contributed by atoms with Gasteiger partial charge in [0.05, 0.1) is 11.0 Å². The lowest BCUT2D eigenvalue weighted by atomic mass is 9.88. The van der Waals surface area contributed by atoms with Gasteiger partial charge in [0, 0.05) is 30.5 Å².